The minimum atomic E-state index is 0. The third-order valence-corrected chi connectivity index (χ3v) is 3.94. The maximum atomic E-state index is 11.5. The number of halogens is 1. The summed E-state index contributed by atoms with van der Waals surface area (Å²) in [5, 5.41) is 8.15. The number of carbonyl (C=O) groups is 1. The van der Waals surface area contributed by atoms with Crippen LogP contribution in [0.1, 0.15) is 37.5 Å². The Morgan fingerprint density at radius 2 is 2.16 bits per heavy atom. The van der Waals surface area contributed by atoms with E-state index in [1.54, 1.807) is 0 Å². The van der Waals surface area contributed by atoms with Gasteiger partial charge < -0.3 is 10.6 Å². The molecule has 0 radical (unpaired) electrons. The number of amides is 1. The van der Waals surface area contributed by atoms with Crippen LogP contribution in [0.5, 0.6) is 0 Å². The Balaban J connectivity index is 0.00000324. The van der Waals surface area contributed by atoms with E-state index < -0.39 is 0 Å². The first kappa shape index (κ1) is 18.4. The van der Waals surface area contributed by atoms with Gasteiger partial charge in [0.1, 0.15) is 0 Å². The monoisotopic (exact) mass is 304 g/mol. The van der Waals surface area contributed by atoms with E-state index >= 15 is 0 Å². The fourth-order valence-electron chi connectivity index (χ4n) is 1.67. The molecule has 1 atom stereocenters. The number of aryl methyl sites for hydroxylation is 1. The maximum absolute atomic E-state index is 11.5. The lowest BCUT2D eigenvalue weighted by molar-refractivity contribution is -0.121. The average molecular weight is 305 g/mol. The maximum Gasteiger partial charge on any atom is 0.220 e. The molecule has 0 aromatic carbocycles. The lowest BCUT2D eigenvalue weighted by atomic mass is 10.1. The van der Waals surface area contributed by atoms with E-state index in [9.17, 15) is 4.79 Å². The second kappa shape index (κ2) is 11.3. The van der Waals surface area contributed by atoms with Gasteiger partial charge in [0.25, 0.3) is 0 Å². The Hall–Kier alpha value is -0.580. The molecule has 19 heavy (non-hydrogen) atoms. The van der Waals surface area contributed by atoms with Gasteiger partial charge in [-0.05, 0) is 44.7 Å². The predicted octanol–water partition coefficient (Wildman–Crippen LogP) is 3.00. The Labute approximate surface area is 126 Å². The highest BCUT2D eigenvalue weighted by Gasteiger charge is 2.03. The quantitative estimate of drug-likeness (QED) is 0.689. The molecule has 0 aliphatic rings. The highest BCUT2D eigenvalue weighted by Crippen LogP contribution is 2.13. The molecule has 110 valence electrons. The van der Waals surface area contributed by atoms with Gasteiger partial charge in [0, 0.05) is 23.9 Å². The minimum Gasteiger partial charge on any atom is -0.355 e. The van der Waals surface area contributed by atoms with Crippen LogP contribution in [0.4, 0.5) is 0 Å². The van der Waals surface area contributed by atoms with Crippen LogP contribution in [-0.2, 0) is 11.2 Å². The van der Waals surface area contributed by atoms with Crippen LogP contribution in [0.25, 0.3) is 0 Å². The molecule has 1 heterocycles. The summed E-state index contributed by atoms with van der Waals surface area (Å²) < 4.78 is 0. The third-order valence-electron chi connectivity index (χ3n) is 3.01. The number of carbonyl (C=O) groups excluding carboxylic acids is 1. The van der Waals surface area contributed by atoms with Crippen LogP contribution in [0.2, 0.25) is 0 Å². The Kier molecular flexibility index (Phi) is 10.9. The van der Waals surface area contributed by atoms with Crippen molar-refractivity contribution in [2.75, 3.05) is 13.6 Å². The van der Waals surface area contributed by atoms with Gasteiger partial charge in [0.2, 0.25) is 5.91 Å². The molecule has 0 aliphatic heterocycles. The third kappa shape index (κ3) is 9.03. The molecule has 1 amide bonds. The van der Waals surface area contributed by atoms with Crippen LogP contribution >= 0.6 is 23.7 Å². The van der Waals surface area contributed by atoms with Crippen molar-refractivity contribution < 1.29 is 4.79 Å². The molecule has 1 aromatic heterocycles. The van der Waals surface area contributed by atoms with Gasteiger partial charge in [-0.25, -0.2) is 0 Å². The number of nitrogens with one attached hydrogen (secondary N) is 2. The molecule has 0 spiro atoms. The number of hydrogen-bond acceptors (Lipinski definition) is 3. The number of unbranched alkanes of at least 4 members (excludes halogenated alkanes) is 2. The second-order valence-electron chi connectivity index (χ2n) is 4.63. The molecule has 1 aromatic rings. The van der Waals surface area contributed by atoms with Crippen molar-refractivity contribution in [1.82, 2.24) is 10.6 Å². The fraction of sp³-hybridized carbons (Fsp3) is 0.643. The van der Waals surface area contributed by atoms with E-state index in [0.717, 1.165) is 19.3 Å². The molecule has 0 saturated heterocycles. The van der Waals surface area contributed by atoms with Crippen LogP contribution in [0.3, 0.4) is 0 Å². The van der Waals surface area contributed by atoms with Gasteiger partial charge in [0.15, 0.2) is 0 Å². The van der Waals surface area contributed by atoms with Crippen molar-refractivity contribution in [2.24, 2.45) is 0 Å². The topological polar surface area (TPSA) is 41.1 Å². The van der Waals surface area contributed by atoms with Gasteiger partial charge in [-0.2, -0.15) is 0 Å². The zero-order valence-electron chi connectivity index (χ0n) is 11.8. The van der Waals surface area contributed by atoms with Crippen molar-refractivity contribution in [2.45, 2.75) is 45.1 Å². The number of hydrogen-bond donors (Lipinski definition) is 2. The summed E-state index contributed by atoms with van der Waals surface area (Å²) in [6.07, 6.45) is 5.11. The summed E-state index contributed by atoms with van der Waals surface area (Å²) in [5.41, 5.74) is 0. The van der Waals surface area contributed by atoms with Gasteiger partial charge in [-0.3, -0.25) is 4.79 Å². The first-order valence-electron chi connectivity index (χ1n) is 6.68. The van der Waals surface area contributed by atoms with Crippen molar-refractivity contribution >= 4 is 29.7 Å². The van der Waals surface area contributed by atoms with Gasteiger partial charge in [0.05, 0.1) is 0 Å². The largest absolute Gasteiger partial charge is 0.355 e. The molecule has 1 rings (SSSR count). The molecular weight excluding hydrogens is 280 g/mol. The minimum absolute atomic E-state index is 0. The molecule has 2 N–H and O–H groups in total. The standard InChI is InChI=1S/C14H24N2OS.ClH/c1-12(15-2)11-16-14(17)9-5-3-4-7-13-8-6-10-18-13;/h6,8,10,12,15H,3-5,7,9,11H2,1-2H3,(H,16,17);1H. The van der Waals surface area contributed by atoms with Crippen molar-refractivity contribution in [1.29, 1.82) is 0 Å². The van der Waals surface area contributed by atoms with Gasteiger partial charge in [-0.15, -0.1) is 23.7 Å². The number of likely N-dealkylation sites (N-methyl/N-ethyl adjacent to an activating group) is 1. The molecule has 1 unspecified atom stereocenters. The lowest BCUT2D eigenvalue weighted by Gasteiger charge is -2.11. The summed E-state index contributed by atoms with van der Waals surface area (Å²) >= 11 is 1.81. The Morgan fingerprint density at radius 1 is 1.37 bits per heavy atom. The highest BCUT2D eigenvalue weighted by molar-refractivity contribution is 7.09. The Bertz CT molecular complexity index is 330. The Morgan fingerprint density at radius 3 is 2.79 bits per heavy atom. The molecular formula is C14H25ClN2OS. The van der Waals surface area contributed by atoms with Crippen molar-refractivity contribution in [3.63, 3.8) is 0 Å². The first-order chi connectivity index (χ1) is 8.72. The van der Waals surface area contributed by atoms with E-state index in [1.165, 1.54) is 11.3 Å². The second-order valence-corrected chi connectivity index (χ2v) is 5.67. The average Bonchev–Trinajstić information content (AvgIpc) is 2.88. The highest BCUT2D eigenvalue weighted by atomic mass is 35.5. The summed E-state index contributed by atoms with van der Waals surface area (Å²) in [6.45, 7) is 2.77. The van der Waals surface area contributed by atoms with Crippen LogP contribution < -0.4 is 10.6 Å². The summed E-state index contributed by atoms with van der Waals surface area (Å²) in [6, 6.07) is 4.61. The number of rotatable bonds is 9. The van der Waals surface area contributed by atoms with Crippen LogP contribution in [0.15, 0.2) is 17.5 Å². The lowest BCUT2D eigenvalue weighted by Crippen LogP contribution is -2.37. The SMILES string of the molecule is CNC(C)CNC(=O)CCCCCc1cccs1.Cl. The summed E-state index contributed by atoms with van der Waals surface area (Å²) in [5.74, 6) is 0.174. The fourth-order valence-corrected chi connectivity index (χ4v) is 2.43. The van der Waals surface area contributed by atoms with Crippen molar-refractivity contribution in [3.05, 3.63) is 22.4 Å². The normalized spacial score (nSPS) is 11.7. The van der Waals surface area contributed by atoms with Crippen molar-refractivity contribution in [3.8, 4) is 0 Å². The van der Waals surface area contributed by atoms with E-state index in [4.69, 9.17) is 0 Å². The van der Waals surface area contributed by atoms with E-state index in [2.05, 4.69) is 35.1 Å². The predicted molar refractivity (Wildman–Crippen MR) is 85.3 cm³/mol. The summed E-state index contributed by atoms with van der Waals surface area (Å²) in [7, 11) is 1.90. The van der Waals surface area contributed by atoms with Gasteiger partial charge in [-0.1, -0.05) is 12.5 Å². The summed E-state index contributed by atoms with van der Waals surface area (Å²) in [4.78, 5) is 13.0. The molecule has 0 aliphatic carbocycles. The molecule has 5 heteroatoms. The molecule has 3 nitrogen and oxygen atoms in total. The molecule has 0 saturated carbocycles. The molecule has 0 bridgehead atoms. The zero-order valence-corrected chi connectivity index (χ0v) is 13.4. The van der Waals surface area contributed by atoms with E-state index in [0.29, 0.717) is 19.0 Å². The van der Waals surface area contributed by atoms with E-state index in [-0.39, 0.29) is 18.3 Å². The van der Waals surface area contributed by atoms with Crippen LogP contribution in [0, 0.1) is 0 Å². The van der Waals surface area contributed by atoms with Gasteiger partial charge >= 0.3 is 0 Å². The molecule has 0 fully saturated rings. The number of thiophene rings is 1. The smallest absolute Gasteiger partial charge is 0.220 e. The van der Waals surface area contributed by atoms with Crippen LogP contribution in [-0.4, -0.2) is 25.5 Å². The van der Waals surface area contributed by atoms with E-state index in [1.807, 2.05) is 18.4 Å². The zero-order chi connectivity index (χ0) is 13.2. The first-order valence-corrected chi connectivity index (χ1v) is 7.56.